The lowest BCUT2D eigenvalue weighted by Crippen LogP contribution is -1.95. The molecule has 1 nitrogen and oxygen atoms in total. The van der Waals surface area contributed by atoms with Crippen molar-refractivity contribution in [2.75, 3.05) is 0 Å². The molecule has 0 radical (unpaired) electrons. The third-order valence-electron chi connectivity index (χ3n) is 0.923. The van der Waals surface area contributed by atoms with Crippen LogP contribution >= 0.6 is 11.8 Å². The Morgan fingerprint density at radius 3 is 2.71 bits per heavy atom. The van der Waals surface area contributed by atoms with Crippen molar-refractivity contribution in [1.82, 2.24) is 0 Å². The van der Waals surface area contributed by atoms with Crippen molar-refractivity contribution in [2.24, 2.45) is 5.92 Å². The van der Waals surface area contributed by atoms with Gasteiger partial charge in [-0.2, -0.15) is 0 Å². The summed E-state index contributed by atoms with van der Waals surface area (Å²) in [5.41, 5.74) is 0. The Kier molecular flexibility index (Phi) is 1.19. The van der Waals surface area contributed by atoms with Gasteiger partial charge >= 0.3 is 0 Å². The van der Waals surface area contributed by atoms with E-state index >= 15 is 0 Å². The van der Waals surface area contributed by atoms with Gasteiger partial charge in [-0.25, -0.2) is 0 Å². The van der Waals surface area contributed by atoms with E-state index in [1.54, 1.807) is 0 Å². The minimum absolute atomic E-state index is 0.157. The van der Waals surface area contributed by atoms with E-state index in [1.165, 1.54) is 11.8 Å². The molecule has 1 unspecified atom stereocenters. The van der Waals surface area contributed by atoms with Gasteiger partial charge in [0.15, 0.2) is 5.12 Å². The molecule has 0 aromatic rings. The van der Waals surface area contributed by atoms with Gasteiger partial charge in [-0.05, 0) is 5.41 Å². The predicted octanol–water partition coefficient (Wildman–Crippen LogP) is 1.41. The highest BCUT2D eigenvalue weighted by Crippen LogP contribution is 2.20. The molecule has 0 aromatic carbocycles. The third-order valence-corrected chi connectivity index (χ3v) is 1.82. The van der Waals surface area contributed by atoms with Crippen LogP contribution in [-0.4, -0.2) is 5.12 Å². The summed E-state index contributed by atoms with van der Waals surface area (Å²) < 4.78 is 0. The molecule has 0 saturated heterocycles. The fourth-order valence-corrected chi connectivity index (χ4v) is 1.15. The lowest BCUT2D eigenvalue weighted by molar-refractivity contribution is -0.112. The van der Waals surface area contributed by atoms with E-state index in [4.69, 9.17) is 0 Å². The molecule has 0 fully saturated rings. The molecule has 1 atom stereocenters. The van der Waals surface area contributed by atoms with Crippen molar-refractivity contribution in [3.8, 4) is 0 Å². The Morgan fingerprint density at radius 1 is 1.86 bits per heavy atom. The Labute approximate surface area is 46.8 Å². The van der Waals surface area contributed by atoms with Crippen LogP contribution in [0.1, 0.15) is 6.92 Å². The minimum Gasteiger partial charge on any atom is -0.286 e. The number of rotatable bonds is 0. The molecule has 0 aromatic heterocycles. The van der Waals surface area contributed by atoms with E-state index in [2.05, 4.69) is 0 Å². The summed E-state index contributed by atoms with van der Waals surface area (Å²) in [6.07, 6.45) is 1.91. The maximum Gasteiger partial charge on any atom is 0.199 e. The summed E-state index contributed by atoms with van der Waals surface area (Å²) in [6, 6.07) is 0. The van der Waals surface area contributed by atoms with Crippen LogP contribution in [0.15, 0.2) is 11.5 Å². The van der Waals surface area contributed by atoms with Crippen LogP contribution in [0.25, 0.3) is 0 Å². The second-order valence-electron chi connectivity index (χ2n) is 1.55. The molecule has 1 rings (SSSR count). The molecule has 0 aliphatic carbocycles. The number of allylic oxidation sites excluding steroid dienone is 1. The van der Waals surface area contributed by atoms with Crippen molar-refractivity contribution < 1.29 is 4.79 Å². The molecule has 0 saturated carbocycles. The molecule has 1 heterocycles. The highest BCUT2D eigenvalue weighted by atomic mass is 32.2. The van der Waals surface area contributed by atoms with Crippen molar-refractivity contribution >= 4 is 16.9 Å². The number of hydrogen-bond acceptors (Lipinski definition) is 2. The van der Waals surface area contributed by atoms with E-state index < -0.39 is 0 Å². The summed E-state index contributed by atoms with van der Waals surface area (Å²) in [5.74, 6) is 0.157. The Morgan fingerprint density at radius 2 is 2.57 bits per heavy atom. The zero-order chi connectivity index (χ0) is 5.28. The van der Waals surface area contributed by atoms with Crippen molar-refractivity contribution in [3.05, 3.63) is 11.5 Å². The molecule has 1 aliphatic heterocycles. The monoisotopic (exact) mass is 114 g/mol. The number of thioether (sulfide) groups is 1. The van der Waals surface area contributed by atoms with Crippen molar-refractivity contribution in [2.45, 2.75) is 6.92 Å². The molecular weight excluding hydrogens is 108 g/mol. The summed E-state index contributed by atoms with van der Waals surface area (Å²) in [5, 5.41) is 2.10. The van der Waals surface area contributed by atoms with Crippen LogP contribution in [0.5, 0.6) is 0 Å². The Hall–Kier alpha value is -0.240. The molecule has 0 bridgehead atoms. The first-order valence-corrected chi connectivity index (χ1v) is 3.06. The number of carbonyl (C=O) groups is 1. The summed E-state index contributed by atoms with van der Waals surface area (Å²) in [4.78, 5) is 10.5. The number of carbonyl (C=O) groups excluding carboxylic acids is 1. The van der Waals surface area contributed by atoms with E-state index in [9.17, 15) is 4.79 Å². The Bertz CT molecular complexity index is 117. The highest BCUT2D eigenvalue weighted by Gasteiger charge is 2.13. The zero-order valence-electron chi connectivity index (χ0n) is 4.05. The maximum absolute atomic E-state index is 10.5. The first-order valence-electron chi connectivity index (χ1n) is 2.18. The Balaban J connectivity index is 2.62. The standard InChI is InChI=1S/C5H6OS/c1-4-2-3-7-5(4)6/h2-4H,1H3. The van der Waals surface area contributed by atoms with Crippen LogP contribution in [0, 0.1) is 5.92 Å². The molecule has 7 heavy (non-hydrogen) atoms. The van der Waals surface area contributed by atoms with Crippen LogP contribution in [0.2, 0.25) is 0 Å². The average Bonchev–Trinajstić information content (AvgIpc) is 1.91. The van der Waals surface area contributed by atoms with Crippen LogP contribution in [0.4, 0.5) is 0 Å². The molecule has 38 valence electrons. The van der Waals surface area contributed by atoms with Gasteiger partial charge in [-0.15, -0.1) is 0 Å². The maximum atomic E-state index is 10.5. The second kappa shape index (κ2) is 1.70. The first-order chi connectivity index (χ1) is 3.30. The molecule has 0 spiro atoms. The largest absolute Gasteiger partial charge is 0.286 e. The fourth-order valence-electron chi connectivity index (χ4n) is 0.410. The molecule has 2 heteroatoms. The van der Waals surface area contributed by atoms with Gasteiger partial charge in [-0.1, -0.05) is 24.8 Å². The van der Waals surface area contributed by atoms with Gasteiger partial charge in [0, 0.05) is 5.92 Å². The van der Waals surface area contributed by atoms with Gasteiger partial charge in [0.1, 0.15) is 0 Å². The molecule has 0 amide bonds. The minimum atomic E-state index is 0.157. The van der Waals surface area contributed by atoms with Crippen LogP contribution < -0.4 is 0 Å². The summed E-state index contributed by atoms with van der Waals surface area (Å²) >= 11 is 1.29. The van der Waals surface area contributed by atoms with Crippen LogP contribution in [-0.2, 0) is 4.79 Å². The fraction of sp³-hybridized carbons (Fsp3) is 0.400. The molecule has 0 N–H and O–H groups in total. The molecular formula is C5H6OS. The SMILES string of the molecule is CC1C=CSC1=O. The lowest BCUT2D eigenvalue weighted by atomic mass is 10.2. The van der Waals surface area contributed by atoms with Gasteiger partial charge in [0.25, 0.3) is 0 Å². The lowest BCUT2D eigenvalue weighted by Gasteiger charge is -1.88. The van der Waals surface area contributed by atoms with Crippen molar-refractivity contribution in [3.63, 3.8) is 0 Å². The van der Waals surface area contributed by atoms with Crippen LogP contribution in [0.3, 0.4) is 0 Å². The van der Waals surface area contributed by atoms with E-state index in [0.29, 0.717) is 0 Å². The average molecular weight is 114 g/mol. The first kappa shape index (κ1) is 4.91. The second-order valence-corrected chi connectivity index (χ2v) is 2.46. The van der Waals surface area contributed by atoms with Crippen molar-refractivity contribution in [1.29, 1.82) is 0 Å². The van der Waals surface area contributed by atoms with Gasteiger partial charge in [0.05, 0.1) is 0 Å². The van der Waals surface area contributed by atoms with Gasteiger partial charge in [-0.3, -0.25) is 4.79 Å². The molecule has 1 aliphatic rings. The number of hydrogen-bond donors (Lipinski definition) is 0. The summed E-state index contributed by atoms with van der Waals surface area (Å²) in [7, 11) is 0. The van der Waals surface area contributed by atoms with E-state index in [0.717, 1.165) is 0 Å². The topological polar surface area (TPSA) is 17.1 Å². The zero-order valence-corrected chi connectivity index (χ0v) is 4.87. The quantitative estimate of drug-likeness (QED) is 0.473. The highest BCUT2D eigenvalue weighted by molar-refractivity contribution is 8.16. The van der Waals surface area contributed by atoms with E-state index in [1.807, 2.05) is 18.4 Å². The summed E-state index contributed by atoms with van der Waals surface area (Å²) in [6.45, 7) is 1.90. The predicted molar refractivity (Wildman–Crippen MR) is 30.9 cm³/mol. The van der Waals surface area contributed by atoms with Gasteiger partial charge in [0.2, 0.25) is 0 Å². The normalized spacial score (nSPS) is 29.3. The van der Waals surface area contributed by atoms with Gasteiger partial charge < -0.3 is 0 Å². The smallest absolute Gasteiger partial charge is 0.199 e. The van der Waals surface area contributed by atoms with E-state index in [-0.39, 0.29) is 11.0 Å². The third kappa shape index (κ3) is 0.855.